The maximum absolute atomic E-state index is 13.3. The molecule has 0 spiro atoms. The molecule has 0 amide bonds. The number of nitrogens with zero attached hydrogens (tertiary/aromatic N) is 4. The fraction of sp³-hybridized carbons (Fsp3) is 0.565. The van der Waals surface area contributed by atoms with Crippen molar-refractivity contribution < 1.29 is 4.90 Å². The molecular formula is C23H31N6O+. The molecule has 1 saturated heterocycles. The second-order valence-electron chi connectivity index (χ2n) is 9.29. The zero-order valence-corrected chi connectivity index (χ0v) is 17.9. The number of hydrogen-bond acceptors (Lipinski definition) is 4. The molecule has 5 rings (SSSR count). The third kappa shape index (κ3) is 3.45. The van der Waals surface area contributed by atoms with Crippen molar-refractivity contribution in [2.45, 2.75) is 64.5 Å². The van der Waals surface area contributed by atoms with E-state index in [-0.39, 0.29) is 11.6 Å². The summed E-state index contributed by atoms with van der Waals surface area (Å²) in [5.74, 6) is 1.58. The van der Waals surface area contributed by atoms with Crippen LogP contribution in [0, 0.1) is 12.8 Å². The predicted octanol–water partition coefficient (Wildman–Crippen LogP) is 2.34. The second-order valence-corrected chi connectivity index (χ2v) is 9.29. The molecule has 7 heteroatoms. The van der Waals surface area contributed by atoms with Gasteiger partial charge in [0.2, 0.25) is 5.82 Å². The largest absolute Gasteiger partial charge is 0.322 e. The van der Waals surface area contributed by atoms with E-state index in [0.717, 1.165) is 59.7 Å². The predicted molar refractivity (Wildman–Crippen MR) is 116 cm³/mol. The number of aryl methyl sites for hydroxylation is 1. The van der Waals surface area contributed by atoms with Crippen LogP contribution in [0.2, 0.25) is 0 Å². The highest BCUT2D eigenvalue weighted by molar-refractivity contribution is 5.82. The maximum atomic E-state index is 13.3. The lowest BCUT2D eigenvalue weighted by Crippen LogP contribution is -3.13. The second kappa shape index (κ2) is 7.95. The fourth-order valence-corrected chi connectivity index (χ4v) is 5.38. The lowest BCUT2D eigenvalue weighted by molar-refractivity contribution is -0.932. The molecule has 3 aromatic rings. The van der Waals surface area contributed by atoms with Crippen LogP contribution in [0.15, 0.2) is 29.1 Å². The molecule has 1 aliphatic carbocycles. The van der Waals surface area contributed by atoms with E-state index in [0.29, 0.717) is 6.04 Å². The van der Waals surface area contributed by atoms with E-state index in [1.165, 1.54) is 30.6 Å². The third-order valence-electron chi connectivity index (χ3n) is 7.20. The lowest BCUT2D eigenvalue weighted by atomic mass is 9.95. The lowest BCUT2D eigenvalue weighted by Gasteiger charge is -2.33. The topological polar surface area (TPSA) is 80.9 Å². The number of pyridine rings is 1. The van der Waals surface area contributed by atoms with E-state index < -0.39 is 0 Å². The summed E-state index contributed by atoms with van der Waals surface area (Å²) >= 11 is 0. The number of rotatable bonds is 4. The van der Waals surface area contributed by atoms with Crippen LogP contribution in [0.5, 0.6) is 0 Å². The van der Waals surface area contributed by atoms with Gasteiger partial charge in [0.1, 0.15) is 0 Å². The molecule has 1 saturated carbocycles. The molecule has 2 aromatic heterocycles. The van der Waals surface area contributed by atoms with Crippen molar-refractivity contribution in [3.8, 4) is 0 Å². The van der Waals surface area contributed by atoms with Crippen LogP contribution in [0.3, 0.4) is 0 Å². The van der Waals surface area contributed by atoms with Gasteiger partial charge in [-0.1, -0.05) is 38.0 Å². The molecule has 2 fully saturated rings. The molecule has 0 radical (unpaired) electrons. The zero-order valence-electron chi connectivity index (χ0n) is 17.9. The van der Waals surface area contributed by atoms with Gasteiger partial charge in [0.05, 0.1) is 30.2 Å². The smallest absolute Gasteiger partial charge is 0.258 e. The Morgan fingerprint density at radius 1 is 1.17 bits per heavy atom. The van der Waals surface area contributed by atoms with Gasteiger partial charge in [-0.3, -0.25) is 4.79 Å². The van der Waals surface area contributed by atoms with Gasteiger partial charge in [-0.05, 0) is 66.0 Å². The first-order chi connectivity index (χ1) is 14.6. The van der Waals surface area contributed by atoms with Gasteiger partial charge in [0, 0.05) is 0 Å². The first kappa shape index (κ1) is 19.4. The SMILES string of the molecule is Cc1cccc2cc([C@H](c3nnnn3C3CCCC3)[NH+]3CCC(C)CC3)c(=O)[nH]c12. The number of fused-ring (bicyclic) bond motifs is 1. The van der Waals surface area contributed by atoms with Gasteiger partial charge in [-0.25, -0.2) is 4.68 Å². The quantitative estimate of drug-likeness (QED) is 0.696. The van der Waals surface area contributed by atoms with Crippen LogP contribution in [0.4, 0.5) is 0 Å². The van der Waals surface area contributed by atoms with Crippen molar-refractivity contribution in [3.63, 3.8) is 0 Å². The van der Waals surface area contributed by atoms with Gasteiger partial charge in [-0.15, -0.1) is 5.10 Å². The zero-order chi connectivity index (χ0) is 20.7. The molecule has 158 valence electrons. The first-order valence-electron chi connectivity index (χ1n) is 11.4. The molecular weight excluding hydrogens is 376 g/mol. The van der Waals surface area contributed by atoms with Crippen molar-refractivity contribution in [1.82, 2.24) is 25.2 Å². The minimum absolute atomic E-state index is 0.0195. The number of aromatic nitrogens is 5. The standard InChI is InChI=1S/C23H30N6O/c1-15-10-12-28(13-11-15)21(22-25-26-27-29(22)18-8-3-4-9-18)19-14-17-7-5-6-16(2)20(17)24-23(19)30/h5-7,14-15,18,21H,3-4,8-13H2,1-2H3,(H,24,30)/p+1/t21-/m1/s1. The summed E-state index contributed by atoms with van der Waals surface area (Å²) in [6.07, 6.45) is 7.01. The highest BCUT2D eigenvalue weighted by atomic mass is 16.1. The molecule has 2 aliphatic rings. The molecule has 30 heavy (non-hydrogen) atoms. The third-order valence-corrected chi connectivity index (χ3v) is 7.20. The molecule has 7 nitrogen and oxygen atoms in total. The van der Waals surface area contributed by atoms with Crippen LogP contribution in [-0.4, -0.2) is 38.3 Å². The summed E-state index contributed by atoms with van der Waals surface area (Å²) in [6.45, 7) is 6.43. The highest BCUT2D eigenvalue weighted by Gasteiger charge is 2.37. The summed E-state index contributed by atoms with van der Waals surface area (Å²) in [4.78, 5) is 17.9. The normalized spacial score (nSPS) is 23.8. The maximum Gasteiger partial charge on any atom is 0.258 e. The van der Waals surface area contributed by atoms with Crippen LogP contribution in [-0.2, 0) is 0 Å². The fourth-order valence-electron chi connectivity index (χ4n) is 5.38. The first-order valence-corrected chi connectivity index (χ1v) is 11.4. The molecule has 2 N–H and O–H groups in total. The molecule has 1 aromatic carbocycles. The Kier molecular flexibility index (Phi) is 5.15. The number of aromatic amines is 1. The van der Waals surface area contributed by atoms with Gasteiger partial charge in [0.15, 0.2) is 6.04 Å². The number of H-pyrrole nitrogens is 1. The Hall–Kier alpha value is -2.54. The summed E-state index contributed by atoms with van der Waals surface area (Å²) < 4.78 is 2.03. The van der Waals surface area contributed by atoms with Crippen LogP contribution >= 0.6 is 0 Å². The van der Waals surface area contributed by atoms with Gasteiger partial charge in [0.25, 0.3) is 5.56 Å². The number of para-hydroxylation sites is 1. The molecule has 0 unspecified atom stereocenters. The summed E-state index contributed by atoms with van der Waals surface area (Å²) in [5.41, 5.74) is 2.77. The van der Waals surface area contributed by atoms with Gasteiger partial charge < -0.3 is 9.88 Å². The van der Waals surface area contributed by atoms with Crippen LogP contribution in [0.1, 0.15) is 74.5 Å². The number of nitrogens with one attached hydrogen (secondary N) is 2. The van der Waals surface area contributed by atoms with Gasteiger partial charge >= 0.3 is 0 Å². The molecule has 1 atom stereocenters. The van der Waals surface area contributed by atoms with E-state index in [1.807, 2.05) is 23.7 Å². The van der Waals surface area contributed by atoms with E-state index in [4.69, 9.17) is 0 Å². The Bertz CT molecular complexity index is 1090. The number of hydrogen-bond donors (Lipinski definition) is 2. The van der Waals surface area contributed by atoms with Crippen molar-refractivity contribution >= 4 is 10.9 Å². The number of likely N-dealkylation sites (tertiary alicyclic amines) is 1. The molecule has 0 bridgehead atoms. The van der Waals surface area contributed by atoms with Crippen molar-refractivity contribution in [3.05, 3.63) is 51.6 Å². The summed E-state index contributed by atoms with van der Waals surface area (Å²) in [7, 11) is 0. The minimum atomic E-state index is -0.137. The Morgan fingerprint density at radius 3 is 2.70 bits per heavy atom. The van der Waals surface area contributed by atoms with E-state index in [9.17, 15) is 4.79 Å². The Morgan fingerprint density at radius 2 is 1.93 bits per heavy atom. The number of quaternary nitrogens is 1. The van der Waals surface area contributed by atoms with Crippen molar-refractivity contribution in [2.75, 3.05) is 13.1 Å². The van der Waals surface area contributed by atoms with E-state index in [2.05, 4.69) is 39.6 Å². The molecule has 3 heterocycles. The number of tetrazole rings is 1. The van der Waals surface area contributed by atoms with E-state index in [1.54, 1.807) is 0 Å². The minimum Gasteiger partial charge on any atom is -0.322 e. The number of benzene rings is 1. The van der Waals surface area contributed by atoms with Crippen LogP contribution in [0.25, 0.3) is 10.9 Å². The monoisotopic (exact) mass is 407 g/mol. The average Bonchev–Trinajstić information content (AvgIpc) is 3.43. The van der Waals surface area contributed by atoms with Crippen LogP contribution < -0.4 is 10.5 Å². The summed E-state index contributed by atoms with van der Waals surface area (Å²) in [6, 6.07) is 8.45. The number of piperidine rings is 1. The average molecular weight is 408 g/mol. The highest BCUT2D eigenvalue weighted by Crippen LogP contribution is 2.31. The van der Waals surface area contributed by atoms with Crippen molar-refractivity contribution in [2.24, 2.45) is 5.92 Å². The van der Waals surface area contributed by atoms with Gasteiger partial charge in [-0.2, -0.15) is 0 Å². The van der Waals surface area contributed by atoms with E-state index >= 15 is 0 Å². The summed E-state index contributed by atoms with van der Waals surface area (Å²) in [5, 5.41) is 14.0. The Labute approximate surface area is 176 Å². The molecule has 1 aliphatic heterocycles. The van der Waals surface area contributed by atoms with Crippen molar-refractivity contribution in [1.29, 1.82) is 0 Å². The Balaban J connectivity index is 1.64.